The Bertz CT molecular complexity index is 991. The molecule has 0 aliphatic carbocycles. The molecule has 3 rings (SSSR count). The summed E-state index contributed by atoms with van der Waals surface area (Å²) in [5.41, 5.74) is 0.393. The van der Waals surface area contributed by atoms with E-state index in [4.69, 9.17) is 23.2 Å². The third-order valence-corrected chi connectivity index (χ3v) is 6.42. The Labute approximate surface area is 154 Å². The number of rotatable bonds is 3. The van der Waals surface area contributed by atoms with E-state index >= 15 is 0 Å². The third-order valence-electron chi connectivity index (χ3n) is 3.77. The monoisotopic (exact) mass is 398 g/mol. The molecule has 1 aliphatic rings. The minimum Gasteiger partial charge on any atom is -0.324 e. The molecule has 0 aromatic heterocycles. The fourth-order valence-corrected chi connectivity index (χ4v) is 4.54. The number of fused-ring (bicyclic) bond motifs is 1. The fraction of sp³-hybridized carbons (Fsp3) is 0.125. The zero-order valence-corrected chi connectivity index (χ0v) is 15.2. The highest BCUT2D eigenvalue weighted by Crippen LogP contribution is 2.32. The second-order valence-corrected chi connectivity index (χ2v) is 7.99. The van der Waals surface area contributed by atoms with Gasteiger partial charge in [-0.25, -0.2) is 12.7 Å². The number of nitrogens with zero attached hydrogens (tertiary/aromatic N) is 1. The average molecular weight is 399 g/mol. The van der Waals surface area contributed by atoms with Gasteiger partial charge in [-0.05, 0) is 37.3 Å². The summed E-state index contributed by atoms with van der Waals surface area (Å²) in [5, 5.41) is 3.09. The van der Waals surface area contributed by atoms with Crippen molar-refractivity contribution in [3.05, 3.63) is 58.1 Å². The fourth-order valence-electron chi connectivity index (χ4n) is 2.51. The van der Waals surface area contributed by atoms with Gasteiger partial charge < -0.3 is 5.32 Å². The van der Waals surface area contributed by atoms with Crippen molar-refractivity contribution >= 4 is 50.7 Å². The van der Waals surface area contributed by atoms with Crippen LogP contribution in [0.4, 0.5) is 5.69 Å². The Hall–Kier alpha value is -2.09. The molecule has 2 aromatic carbocycles. The second kappa shape index (κ2) is 6.33. The van der Waals surface area contributed by atoms with Crippen LogP contribution in [0.15, 0.2) is 47.4 Å². The molecule has 0 radical (unpaired) electrons. The molecule has 130 valence electrons. The predicted octanol–water partition coefficient (Wildman–Crippen LogP) is 3.17. The van der Waals surface area contributed by atoms with Crippen LogP contribution >= 0.6 is 23.2 Å². The molecule has 0 fully saturated rings. The Morgan fingerprint density at radius 1 is 1.12 bits per heavy atom. The Morgan fingerprint density at radius 2 is 1.80 bits per heavy atom. The van der Waals surface area contributed by atoms with Gasteiger partial charge in [0, 0.05) is 5.69 Å². The van der Waals surface area contributed by atoms with Crippen molar-refractivity contribution in [3.63, 3.8) is 0 Å². The van der Waals surface area contributed by atoms with Crippen molar-refractivity contribution in [2.24, 2.45) is 0 Å². The van der Waals surface area contributed by atoms with Gasteiger partial charge in [0.15, 0.2) is 0 Å². The number of nitrogens with one attached hydrogen (secondary N) is 1. The van der Waals surface area contributed by atoms with Crippen molar-refractivity contribution in [2.75, 3.05) is 5.32 Å². The van der Waals surface area contributed by atoms with E-state index in [0.29, 0.717) is 15.0 Å². The summed E-state index contributed by atoms with van der Waals surface area (Å²) >= 11 is 11.7. The van der Waals surface area contributed by atoms with Crippen molar-refractivity contribution in [1.29, 1.82) is 0 Å². The van der Waals surface area contributed by atoms with Crippen LogP contribution < -0.4 is 5.32 Å². The molecule has 1 atom stereocenters. The van der Waals surface area contributed by atoms with Crippen LogP contribution in [0.5, 0.6) is 0 Å². The van der Waals surface area contributed by atoms with E-state index in [-0.39, 0.29) is 15.5 Å². The lowest BCUT2D eigenvalue weighted by atomic mass is 10.2. The highest BCUT2D eigenvalue weighted by Gasteiger charge is 2.45. The van der Waals surface area contributed by atoms with Crippen LogP contribution in [0.25, 0.3) is 0 Å². The standard InChI is InChI=1S/C16H12Cl2N2O4S/c1-9(15(21)19-10-6-7-12(17)13(18)8-10)20-16(22)11-4-2-3-5-14(11)25(20,23)24/h2-9H,1H3,(H,19,21)/t9-/m0/s1. The number of carbonyl (C=O) groups excluding carboxylic acids is 2. The van der Waals surface area contributed by atoms with Gasteiger partial charge in [-0.2, -0.15) is 0 Å². The van der Waals surface area contributed by atoms with E-state index in [2.05, 4.69) is 5.32 Å². The number of carbonyl (C=O) groups is 2. The van der Waals surface area contributed by atoms with Gasteiger partial charge in [0.05, 0.1) is 15.6 Å². The molecule has 0 saturated carbocycles. The second-order valence-electron chi connectivity index (χ2n) is 5.40. The van der Waals surface area contributed by atoms with E-state index in [1.54, 1.807) is 6.07 Å². The van der Waals surface area contributed by atoms with Crippen LogP contribution in [0.1, 0.15) is 17.3 Å². The summed E-state index contributed by atoms with van der Waals surface area (Å²) in [4.78, 5) is 24.8. The summed E-state index contributed by atoms with van der Waals surface area (Å²) in [6.45, 7) is 1.34. The zero-order valence-electron chi connectivity index (χ0n) is 12.9. The number of hydrogen-bond acceptors (Lipinski definition) is 4. The highest BCUT2D eigenvalue weighted by molar-refractivity contribution is 7.90. The topological polar surface area (TPSA) is 83.6 Å². The van der Waals surface area contributed by atoms with Crippen LogP contribution in [0, 0.1) is 0 Å². The van der Waals surface area contributed by atoms with Gasteiger partial charge in [-0.3, -0.25) is 9.59 Å². The van der Waals surface area contributed by atoms with E-state index in [1.165, 1.54) is 43.3 Å². The molecule has 6 nitrogen and oxygen atoms in total. The summed E-state index contributed by atoms with van der Waals surface area (Å²) in [7, 11) is -4.07. The third kappa shape index (κ3) is 2.99. The maximum atomic E-state index is 12.6. The lowest BCUT2D eigenvalue weighted by molar-refractivity contribution is -0.118. The minimum atomic E-state index is -4.07. The number of anilines is 1. The molecule has 0 unspecified atom stereocenters. The van der Waals surface area contributed by atoms with Crippen LogP contribution in [0.2, 0.25) is 10.0 Å². The quantitative estimate of drug-likeness (QED) is 0.860. The highest BCUT2D eigenvalue weighted by atomic mass is 35.5. The molecule has 1 heterocycles. The summed E-state index contributed by atoms with van der Waals surface area (Å²) in [5.74, 6) is -1.39. The summed E-state index contributed by atoms with van der Waals surface area (Å²) in [6.07, 6.45) is 0. The molecular weight excluding hydrogens is 387 g/mol. The van der Waals surface area contributed by atoms with Gasteiger partial charge in [-0.15, -0.1) is 0 Å². The normalized spacial score (nSPS) is 16.4. The Kier molecular flexibility index (Phi) is 4.49. The number of sulfonamides is 1. The summed E-state index contributed by atoms with van der Waals surface area (Å²) < 4.78 is 25.7. The number of benzene rings is 2. The molecule has 0 spiro atoms. The largest absolute Gasteiger partial charge is 0.324 e. The number of amides is 2. The first-order chi connectivity index (χ1) is 11.7. The number of halogens is 2. The predicted molar refractivity (Wildman–Crippen MR) is 94.4 cm³/mol. The molecule has 1 N–H and O–H groups in total. The van der Waals surface area contributed by atoms with Crippen LogP contribution in [0.3, 0.4) is 0 Å². The van der Waals surface area contributed by atoms with Gasteiger partial charge in [0.1, 0.15) is 10.9 Å². The van der Waals surface area contributed by atoms with E-state index in [1.807, 2.05) is 0 Å². The molecule has 1 aliphatic heterocycles. The summed E-state index contributed by atoms with van der Waals surface area (Å²) in [6, 6.07) is 9.06. The Morgan fingerprint density at radius 3 is 2.44 bits per heavy atom. The van der Waals surface area contributed by atoms with Gasteiger partial charge in [0.25, 0.3) is 15.9 Å². The molecule has 2 aromatic rings. The van der Waals surface area contributed by atoms with Crippen molar-refractivity contribution in [3.8, 4) is 0 Å². The minimum absolute atomic E-state index is 0.0525. The maximum absolute atomic E-state index is 12.6. The van der Waals surface area contributed by atoms with Crippen molar-refractivity contribution in [2.45, 2.75) is 17.9 Å². The molecule has 2 amide bonds. The number of hydrogen-bond donors (Lipinski definition) is 1. The molecule has 0 bridgehead atoms. The van der Waals surface area contributed by atoms with Crippen LogP contribution in [-0.4, -0.2) is 30.6 Å². The zero-order chi connectivity index (χ0) is 18.4. The van der Waals surface area contributed by atoms with Crippen LogP contribution in [-0.2, 0) is 14.8 Å². The molecule has 9 heteroatoms. The first-order valence-electron chi connectivity index (χ1n) is 7.17. The molecule has 0 saturated heterocycles. The van der Waals surface area contributed by atoms with E-state index < -0.39 is 27.9 Å². The first kappa shape index (κ1) is 17.7. The van der Waals surface area contributed by atoms with Crippen molar-refractivity contribution in [1.82, 2.24) is 4.31 Å². The van der Waals surface area contributed by atoms with Gasteiger partial charge >= 0.3 is 0 Å². The van der Waals surface area contributed by atoms with E-state index in [9.17, 15) is 18.0 Å². The maximum Gasteiger partial charge on any atom is 0.269 e. The van der Waals surface area contributed by atoms with Gasteiger partial charge in [0.2, 0.25) is 5.91 Å². The van der Waals surface area contributed by atoms with Gasteiger partial charge in [-0.1, -0.05) is 35.3 Å². The lowest BCUT2D eigenvalue weighted by Gasteiger charge is -2.22. The lowest BCUT2D eigenvalue weighted by Crippen LogP contribution is -2.45. The first-order valence-corrected chi connectivity index (χ1v) is 9.37. The van der Waals surface area contributed by atoms with E-state index in [0.717, 1.165) is 0 Å². The SMILES string of the molecule is C[C@@H](C(=O)Nc1ccc(Cl)c(Cl)c1)N1C(=O)c2ccccc2S1(=O)=O. The Balaban J connectivity index is 1.88. The van der Waals surface area contributed by atoms with Crippen molar-refractivity contribution < 1.29 is 18.0 Å². The average Bonchev–Trinajstić information content (AvgIpc) is 2.77. The molecule has 25 heavy (non-hydrogen) atoms. The smallest absolute Gasteiger partial charge is 0.269 e. The molecular formula is C16H12Cl2N2O4S.